The van der Waals surface area contributed by atoms with E-state index in [1.165, 1.54) is 12.3 Å². The Bertz CT molecular complexity index is 263. The fourth-order valence-electron chi connectivity index (χ4n) is 0.703. The topological polar surface area (TPSA) is 82.8 Å². The maximum absolute atomic E-state index is 10.4. The SMILES string of the molecule is C=C(C)C(=CC(C)=C[NH2+][O-])[N+](=O)[O-]. The van der Waals surface area contributed by atoms with Gasteiger partial charge in [-0.3, -0.25) is 10.1 Å². The molecule has 0 bridgehead atoms. The first-order valence-corrected chi connectivity index (χ1v) is 3.63. The molecule has 72 valence electrons. The molecule has 0 heterocycles. The minimum Gasteiger partial charge on any atom is -0.631 e. The highest BCUT2D eigenvalue weighted by Crippen LogP contribution is 2.09. The Morgan fingerprint density at radius 2 is 2.08 bits per heavy atom. The number of nitro groups is 1. The lowest BCUT2D eigenvalue weighted by atomic mass is 10.2. The zero-order chi connectivity index (χ0) is 10.4. The third-order valence-corrected chi connectivity index (χ3v) is 1.33. The minimum absolute atomic E-state index is 0.0735. The number of allylic oxidation sites excluding steroid dienone is 3. The van der Waals surface area contributed by atoms with E-state index >= 15 is 0 Å². The van der Waals surface area contributed by atoms with E-state index in [0.29, 0.717) is 16.6 Å². The maximum Gasteiger partial charge on any atom is 0.272 e. The van der Waals surface area contributed by atoms with Gasteiger partial charge in [0.25, 0.3) is 5.70 Å². The van der Waals surface area contributed by atoms with E-state index in [9.17, 15) is 15.3 Å². The van der Waals surface area contributed by atoms with Crippen molar-refractivity contribution in [1.82, 2.24) is 0 Å². The van der Waals surface area contributed by atoms with Crippen LogP contribution in [0.1, 0.15) is 13.8 Å². The van der Waals surface area contributed by atoms with E-state index in [1.807, 2.05) is 0 Å². The molecule has 0 aromatic heterocycles. The fraction of sp³-hybridized carbons (Fsp3) is 0.250. The van der Waals surface area contributed by atoms with E-state index in [-0.39, 0.29) is 5.70 Å². The Balaban J connectivity index is 4.84. The quantitative estimate of drug-likeness (QED) is 0.396. The predicted octanol–water partition coefficient (Wildman–Crippen LogP) is 0.688. The Hall–Kier alpha value is -1.46. The predicted molar refractivity (Wildman–Crippen MR) is 48.9 cm³/mol. The van der Waals surface area contributed by atoms with Crippen molar-refractivity contribution in [3.05, 3.63) is 51.0 Å². The van der Waals surface area contributed by atoms with Crippen molar-refractivity contribution in [2.75, 3.05) is 0 Å². The van der Waals surface area contributed by atoms with E-state index in [1.54, 1.807) is 13.8 Å². The summed E-state index contributed by atoms with van der Waals surface area (Å²) in [6, 6.07) is 0. The second-order valence-corrected chi connectivity index (χ2v) is 2.61. The number of nitrogens with zero attached hydrogens (tertiary/aromatic N) is 1. The molecule has 0 amide bonds. The zero-order valence-corrected chi connectivity index (χ0v) is 7.61. The first-order valence-electron chi connectivity index (χ1n) is 3.63. The average molecular weight is 184 g/mol. The van der Waals surface area contributed by atoms with Gasteiger partial charge < -0.3 is 10.7 Å². The molecule has 0 spiro atoms. The highest BCUT2D eigenvalue weighted by molar-refractivity contribution is 5.27. The number of quaternary nitrogens is 1. The summed E-state index contributed by atoms with van der Waals surface area (Å²) >= 11 is 0. The number of rotatable bonds is 4. The summed E-state index contributed by atoms with van der Waals surface area (Å²) in [6.07, 6.45) is 2.57. The van der Waals surface area contributed by atoms with Crippen LogP contribution in [-0.2, 0) is 0 Å². The molecule has 0 aliphatic rings. The largest absolute Gasteiger partial charge is 0.631 e. The normalized spacial score (nSPS) is 12.8. The molecule has 2 N–H and O–H groups in total. The van der Waals surface area contributed by atoms with Gasteiger partial charge in [0.15, 0.2) is 0 Å². The summed E-state index contributed by atoms with van der Waals surface area (Å²) in [5.74, 6) is 0. The van der Waals surface area contributed by atoms with Crippen LogP contribution in [0.25, 0.3) is 0 Å². The highest BCUT2D eigenvalue weighted by atomic mass is 16.6. The Labute approximate surface area is 76.2 Å². The van der Waals surface area contributed by atoms with Gasteiger partial charge in [-0.2, -0.15) is 0 Å². The van der Waals surface area contributed by atoms with Gasteiger partial charge in [-0.25, -0.2) is 0 Å². The van der Waals surface area contributed by atoms with Crippen LogP contribution in [0, 0.1) is 15.3 Å². The molecule has 13 heavy (non-hydrogen) atoms. The molecule has 0 rings (SSSR count). The molecule has 0 radical (unpaired) electrons. The molecule has 0 saturated heterocycles. The molecule has 0 aromatic carbocycles. The van der Waals surface area contributed by atoms with Crippen molar-refractivity contribution in [3.63, 3.8) is 0 Å². The van der Waals surface area contributed by atoms with Crippen LogP contribution in [0.2, 0.25) is 0 Å². The lowest BCUT2D eigenvalue weighted by Crippen LogP contribution is -2.70. The van der Waals surface area contributed by atoms with Crippen molar-refractivity contribution >= 4 is 0 Å². The van der Waals surface area contributed by atoms with Gasteiger partial charge in [-0.05, 0) is 13.8 Å². The van der Waals surface area contributed by atoms with E-state index < -0.39 is 4.92 Å². The summed E-state index contributed by atoms with van der Waals surface area (Å²) in [5, 5.41) is 20.5. The lowest BCUT2D eigenvalue weighted by molar-refractivity contribution is -0.515. The number of hydroxylamine groups is 1. The van der Waals surface area contributed by atoms with Crippen molar-refractivity contribution in [1.29, 1.82) is 0 Å². The van der Waals surface area contributed by atoms with Crippen LogP contribution >= 0.6 is 0 Å². The van der Waals surface area contributed by atoms with Crippen molar-refractivity contribution in [3.8, 4) is 0 Å². The lowest BCUT2D eigenvalue weighted by Gasteiger charge is -1.97. The van der Waals surface area contributed by atoms with Gasteiger partial charge in [0, 0.05) is 17.2 Å². The second kappa shape index (κ2) is 5.23. The molecular formula is C8H12N2O3. The molecule has 0 atom stereocenters. The van der Waals surface area contributed by atoms with Gasteiger partial charge in [-0.1, -0.05) is 6.58 Å². The van der Waals surface area contributed by atoms with Gasteiger partial charge in [0.05, 0.1) is 11.1 Å². The van der Waals surface area contributed by atoms with Gasteiger partial charge in [-0.15, -0.1) is 0 Å². The smallest absolute Gasteiger partial charge is 0.272 e. The monoisotopic (exact) mass is 184 g/mol. The van der Waals surface area contributed by atoms with E-state index in [2.05, 4.69) is 6.58 Å². The highest BCUT2D eigenvalue weighted by Gasteiger charge is 2.10. The summed E-state index contributed by atoms with van der Waals surface area (Å²) in [7, 11) is 0. The molecule has 0 aliphatic heterocycles. The molecule has 0 unspecified atom stereocenters. The standard InChI is InChI=1S/C8H12N2O3/c1-6(2)8(10(12)13)4-7(3)5-9-11/h4-5H,1,9H2,2-3H3. The first kappa shape index (κ1) is 11.5. The average Bonchev–Trinajstić information content (AvgIpc) is 1.99. The van der Waals surface area contributed by atoms with Crippen molar-refractivity contribution in [2.24, 2.45) is 0 Å². The van der Waals surface area contributed by atoms with Gasteiger partial charge >= 0.3 is 0 Å². The Morgan fingerprint density at radius 1 is 1.54 bits per heavy atom. The molecule has 0 saturated carbocycles. The second-order valence-electron chi connectivity index (χ2n) is 2.61. The third-order valence-electron chi connectivity index (χ3n) is 1.33. The molecule has 5 heteroatoms. The van der Waals surface area contributed by atoms with E-state index in [4.69, 9.17) is 0 Å². The van der Waals surface area contributed by atoms with Gasteiger partial charge in [0.2, 0.25) is 0 Å². The molecule has 0 fully saturated rings. The Kier molecular flexibility index (Phi) is 4.64. The van der Waals surface area contributed by atoms with Crippen molar-refractivity contribution < 1.29 is 10.4 Å². The first-order chi connectivity index (χ1) is 5.99. The van der Waals surface area contributed by atoms with Gasteiger partial charge in [0.1, 0.15) is 0 Å². The third kappa shape index (κ3) is 4.19. The van der Waals surface area contributed by atoms with E-state index in [0.717, 1.165) is 0 Å². The summed E-state index contributed by atoms with van der Waals surface area (Å²) in [4.78, 5) is 9.92. The molecule has 0 aliphatic carbocycles. The van der Waals surface area contributed by atoms with Crippen LogP contribution in [0.3, 0.4) is 0 Å². The maximum atomic E-state index is 10.4. The minimum atomic E-state index is -0.523. The molecular weight excluding hydrogens is 172 g/mol. The summed E-state index contributed by atoms with van der Waals surface area (Å²) < 4.78 is 0. The van der Waals surface area contributed by atoms with Crippen LogP contribution < -0.4 is 5.48 Å². The number of hydrogen-bond donors (Lipinski definition) is 1. The summed E-state index contributed by atoms with van der Waals surface area (Å²) in [6.45, 7) is 6.62. The molecule has 5 nitrogen and oxygen atoms in total. The number of hydrogen-bond acceptors (Lipinski definition) is 3. The number of nitrogens with two attached hydrogens (primary N) is 1. The van der Waals surface area contributed by atoms with Crippen LogP contribution in [-0.4, -0.2) is 4.92 Å². The van der Waals surface area contributed by atoms with Crippen LogP contribution in [0.15, 0.2) is 35.7 Å². The Morgan fingerprint density at radius 3 is 2.38 bits per heavy atom. The van der Waals surface area contributed by atoms with Crippen LogP contribution in [0.5, 0.6) is 0 Å². The molecule has 0 aromatic rings. The fourth-order valence-corrected chi connectivity index (χ4v) is 0.703. The van der Waals surface area contributed by atoms with Crippen molar-refractivity contribution in [2.45, 2.75) is 13.8 Å². The van der Waals surface area contributed by atoms with Crippen LogP contribution in [0.4, 0.5) is 0 Å². The summed E-state index contributed by atoms with van der Waals surface area (Å²) in [5.41, 5.74) is 1.41. The zero-order valence-electron chi connectivity index (χ0n) is 7.61.